The van der Waals surface area contributed by atoms with Crippen molar-refractivity contribution >= 4 is 21.9 Å². The van der Waals surface area contributed by atoms with Crippen molar-refractivity contribution in [3.63, 3.8) is 0 Å². The van der Waals surface area contributed by atoms with Crippen molar-refractivity contribution in [2.24, 2.45) is 5.41 Å². The molecule has 0 radical (unpaired) electrons. The van der Waals surface area contributed by atoms with Crippen LogP contribution < -0.4 is 0 Å². The minimum absolute atomic E-state index is 0.0405. The van der Waals surface area contributed by atoms with Gasteiger partial charge < -0.3 is 4.74 Å². The molecule has 0 aromatic rings. The van der Waals surface area contributed by atoms with Gasteiger partial charge in [-0.05, 0) is 15.9 Å². The van der Waals surface area contributed by atoms with Crippen LogP contribution in [0.1, 0.15) is 20.3 Å². The SMILES string of the molecule is CC1(C)CC(=O)OC1C(F)(F)Br. The first-order valence-corrected chi connectivity index (χ1v) is 4.29. The van der Waals surface area contributed by atoms with Crippen molar-refractivity contribution in [1.29, 1.82) is 0 Å². The fraction of sp³-hybridized carbons (Fsp3) is 0.857. The van der Waals surface area contributed by atoms with Gasteiger partial charge in [-0.3, -0.25) is 4.79 Å². The highest BCUT2D eigenvalue weighted by molar-refractivity contribution is 9.10. The lowest BCUT2D eigenvalue weighted by Gasteiger charge is -2.26. The van der Waals surface area contributed by atoms with Crippen LogP contribution in [-0.4, -0.2) is 16.9 Å². The van der Waals surface area contributed by atoms with Crippen LogP contribution in [0.3, 0.4) is 0 Å². The number of halogens is 3. The summed E-state index contributed by atoms with van der Waals surface area (Å²) in [5.74, 6) is -0.566. The summed E-state index contributed by atoms with van der Waals surface area (Å²) in [4.78, 5) is 7.60. The van der Waals surface area contributed by atoms with Gasteiger partial charge in [0.2, 0.25) is 0 Å². The summed E-state index contributed by atoms with van der Waals surface area (Å²) < 4.78 is 30.0. The second-order valence-electron chi connectivity index (χ2n) is 3.58. The van der Waals surface area contributed by atoms with Gasteiger partial charge in [-0.25, -0.2) is 0 Å². The van der Waals surface area contributed by atoms with Crippen molar-refractivity contribution in [3.8, 4) is 0 Å². The molecule has 1 unspecified atom stereocenters. The first kappa shape index (κ1) is 9.89. The first-order valence-electron chi connectivity index (χ1n) is 3.50. The average molecular weight is 243 g/mol. The van der Waals surface area contributed by atoms with E-state index < -0.39 is 22.3 Å². The van der Waals surface area contributed by atoms with Gasteiger partial charge >= 0.3 is 10.8 Å². The summed E-state index contributed by atoms with van der Waals surface area (Å²) in [6.45, 7) is 3.16. The van der Waals surface area contributed by atoms with E-state index in [1.165, 1.54) is 0 Å². The number of carbonyl (C=O) groups excluding carboxylic acids is 1. The molecule has 0 amide bonds. The van der Waals surface area contributed by atoms with E-state index in [9.17, 15) is 13.6 Å². The van der Waals surface area contributed by atoms with Crippen molar-refractivity contribution in [2.45, 2.75) is 31.2 Å². The van der Waals surface area contributed by atoms with Gasteiger partial charge in [0.1, 0.15) is 0 Å². The average Bonchev–Trinajstić information content (AvgIpc) is 2.02. The Kier molecular flexibility index (Phi) is 2.19. The maximum Gasteiger partial charge on any atom is 0.337 e. The van der Waals surface area contributed by atoms with Crippen LogP contribution in [0.2, 0.25) is 0 Å². The van der Waals surface area contributed by atoms with Crippen molar-refractivity contribution in [1.82, 2.24) is 0 Å². The third kappa shape index (κ3) is 1.76. The van der Waals surface area contributed by atoms with Gasteiger partial charge in [0, 0.05) is 5.41 Å². The highest BCUT2D eigenvalue weighted by Gasteiger charge is 2.54. The molecule has 0 aromatic carbocycles. The van der Waals surface area contributed by atoms with Gasteiger partial charge in [0.05, 0.1) is 6.42 Å². The molecule has 1 aliphatic rings. The van der Waals surface area contributed by atoms with E-state index in [1.54, 1.807) is 13.8 Å². The fourth-order valence-corrected chi connectivity index (χ4v) is 2.02. The largest absolute Gasteiger partial charge is 0.454 e. The molecule has 1 heterocycles. The molecule has 5 heteroatoms. The molecule has 1 rings (SSSR count). The number of cyclic esters (lactones) is 1. The highest BCUT2D eigenvalue weighted by Crippen LogP contribution is 2.45. The second-order valence-corrected chi connectivity index (χ2v) is 4.63. The van der Waals surface area contributed by atoms with E-state index in [4.69, 9.17) is 0 Å². The Morgan fingerprint density at radius 2 is 2.17 bits per heavy atom. The Labute approximate surface area is 77.4 Å². The van der Waals surface area contributed by atoms with Crippen LogP contribution >= 0.6 is 15.9 Å². The monoisotopic (exact) mass is 242 g/mol. The van der Waals surface area contributed by atoms with Crippen LogP contribution in [0.4, 0.5) is 8.78 Å². The molecule has 0 aromatic heterocycles. The number of alkyl halides is 3. The van der Waals surface area contributed by atoms with E-state index in [1.807, 2.05) is 0 Å². The molecule has 1 aliphatic heterocycles. The van der Waals surface area contributed by atoms with Gasteiger partial charge in [-0.1, -0.05) is 13.8 Å². The van der Waals surface area contributed by atoms with E-state index in [0.29, 0.717) is 0 Å². The smallest absolute Gasteiger partial charge is 0.337 e. The summed E-state index contributed by atoms with van der Waals surface area (Å²) in [7, 11) is 0. The van der Waals surface area contributed by atoms with Crippen molar-refractivity contribution in [2.75, 3.05) is 0 Å². The summed E-state index contributed by atoms with van der Waals surface area (Å²) >= 11 is 2.20. The molecular formula is C7H9BrF2O2. The van der Waals surface area contributed by atoms with Gasteiger partial charge in [0.15, 0.2) is 6.10 Å². The highest BCUT2D eigenvalue weighted by atomic mass is 79.9. The zero-order chi connectivity index (χ0) is 9.57. The molecule has 1 fully saturated rings. The molecule has 2 nitrogen and oxygen atoms in total. The van der Waals surface area contributed by atoms with Crippen LogP contribution in [0.15, 0.2) is 0 Å². The predicted molar refractivity (Wildman–Crippen MR) is 42.2 cm³/mol. The predicted octanol–water partition coefficient (Wildman–Crippen LogP) is 2.32. The Balaban J connectivity index is 2.86. The molecule has 0 spiro atoms. The third-order valence-electron chi connectivity index (χ3n) is 1.86. The zero-order valence-corrected chi connectivity index (χ0v) is 8.32. The van der Waals surface area contributed by atoms with Gasteiger partial charge in [0.25, 0.3) is 0 Å². The first-order chi connectivity index (χ1) is 5.23. The summed E-state index contributed by atoms with van der Waals surface area (Å²) in [5.41, 5.74) is -0.802. The Morgan fingerprint density at radius 3 is 2.33 bits per heavy atom. The third-order valence-corrected chi connectivity index (χ3v) is 2.27. The minimum Gasteiger partial charge on any atom is -0.454 e. The van der Waals surface area contributed by atoms with Crippen LogP contribution in [-0.2, 0) is 9.53 Å². The topological polar surface area (TPSA) is 26.3 Å². The van der Waals surface area contributed by atoms with Gasteiger partial charge in [-0.15, -0.1) is 0 Å². The molecule has 1 atom stereocenters. The second kappa shape index (κ2) is 2.65. The molecule has 0 bridgehead atoms. The van der Waals surface area contributed by atoms with E-state index >= 15 is 0 Å². The van der Waals surface area contributed by atoms with Crippen molar-refractivity contribution < 1.29 is 18.3 Å². The lowest BCUT2D eigenvalue weighted by molar-refractivity contribution is -0.151. The van der Waals surface area contributed by atoms with E-state index in [2.05, 4.69) is 20.7 Å². The Hall–Kier alpha value is -0.190. The molecule has 0 aliphatic carbocycles. The van der Waals surface area contributed by atoms with Crippen LogP contribution in [0.5, 0.6) is 0 Å². The molecular weight excluding hydrogens is 234 g/mol. The van der Waals surface area contributed by atoms with E-state index in [-0.39, 0.29) is 6.42 Å². The Morgan fingerprint density at radius 1 is 1.67 bits per heavy atom. The number of hydrogen-bond donors (Lipinski definition) is 0. The number of esters is 1. The maximum atomic E-state index is 12.7. The fourth-order valence-electron chi connectivity index (χ4n) is 1.31. The molecule has 1 saturated heterocycles. The quantitative estimate of drug-likeness (QED) is 0.521. The number of carbonyl (C=O) groups is 1. The van der Waals surface area contributed by atoms with E-state index in [0.717, 1.165) is 0 Å². The molecule has 12 heavy (non-hydrogen) atoms. The normalized spacial score (nSPS) is 28.8. The molecule has 0 N–H and O–H groups in total. The molecule has 0 saturated carbocycles. The zero-order valence-electron chi connectivity index (χ0n) is 6.73. The standard InChI is InChI=1S/C7H9BrF2O2/c1-6(2)3-4(11)12-5(6)7(8,9)10/h5H,3H2,1-2H3. The van der Waals surface area contributed by atoms with Crippen molar-refractivity contribution in [3.05, 3.63) is 0 Å². The number of ether oxygens (including phenoxy) is 1. The maximum absolute atomic E-state index is 12.7. The lowest BCUT2D eigenvalue weighted by atomic mass is 9.86. The van der Waals surface area contributed by atoms with Gasteiger partial charge in [-0.2, -0.15) is 8.78 Å². The summed E-state index contributed by atoms with van der Waals surface area (Å²) in [6.07, 6.45) is -1.32. The minimum atomic E-state index is -3.14. The number of hydrogen-bond acceptors (Lipinski definition) is 2. The number of rotatable bonds is 1. The van der Waals surface area contributed by atoms with Crippen LogP contribution in [0.25, 0.3) is 0 Å². The van der Waals surface area contributed by atoms with Crippen LogP contribution in [0, 0.1) is 5.41 Å². The summed E-state index contributed by atoms with van der Waals surface area (Å²) in [6, 6.07) is 0. The summed E-state index contributed by atoms with van der Waals surface area (Å²) in [5, 5.41) is 0. The molecule has 70 valence electrons. The Bertz CT molecular complexity index is 210. The lowest BCUT2D eigenvalue weighted by Crippen LogP contribution is -2.37.